The van der Waals surface area contributed by atoms with Crippen LogP contribution in [0.2, 0.25) is 18.1 Å². The Hall–Kier alpha value is -1.45. The molecule has 192 valence electrons. The fraction of sp³-hybridized carbons (Fsp3) is 0.720. The number of pyridine rings is 1. The molecule has 1 aromatic heterocycles. The molecule has 1 aliphatic carbocycles. The fourth-order valence-corrected chi connectivity index (χ4v) is 4.80. The third kappa shape index (κ3) is 7.04. The predicted molar refractivity (Wildman–Crippen MR) is 140 cm³/mol. The molecule has 2 rings (SSSR count). The van der Waals surface area contributed by atoms with E-state index in [1.807, 2.05) is 13.8 Å². The highest BCUT2D eigenvalue weighted by atomic mass is 79.9. The standard InChI is InChI=1S/C25H41BrN2O5Si/c1-9-25(10-2,23(30)31-11-3)28-21(29)20-13-12-19(26)22(27-20)32-15-17-14-18(17)16-33-34(7,8)24(4,5)6/h12-13,17-18H,9-11,14-16H2,1-8H3,(H,28,29)/t17-,18-/m0/s1. The Morgan fingerprint density at radius 2 is 1.74 bits per heavy atom. The number of carbonyl (C=O) groups excluding carboxylic acids is 2. The third-order valence-corrected chi connectivity index (χ3v) is 12.3. The molecule has 0 saturated heterocycles. The van der Waals surface area contributed by atoms with Crippen molar-refractivity contribution in [1.29, 1.82) is 0 Å². The minimum absolute atomic E-state index is 0.197. The summed E-state index contributed by atoms with van der Waals surface area (Å²) in [7, 11) is -1.75. The van der Waals surface area contributed by atoms with Crippen molar-refractivity contribution in [3.05, 3.63) is 22.3 Å². The van der Waals surface area contributed by atoms with Gasteiger partial charge in [-0.25, -0.2) is 9.78 Å². The highest BCUT2D eigenvalue weighted by Gasteiger charge is 2.43. The number of nitrogens with one attached hydrogen (secondary N) is 1. The van der Waals surface area contributed by atoms with Crippen LogP contribution in [0.25, 0.3) is 0 Å². The van der Waals surface area contributed by atoms with Crippen LogP contribution in [0.1, 0.15) is 71.3 Å². The summed E-state index contributed by atoms with van der Waals surface area (Å²) in [5.41, 5.74) is -0.879. The third-order valence-electron chi connectivity index (χ3n) is 7.24. The quantitative estimate of drug-likeness (QED) is 0.261. The van der Waals surface area contributed by atoms with Gasteiger partial charge in [-0.05, 0) is 84.2 Å². The topological polar surface area (TPSA) is 86.8 Å². The Labute approximate surface area is 214 Å². The summed E-state index contributed by atoms with van der Waals surface area (Å²) in [5, 5.41) is 3.04. The lowest BCUT2D eigenvalue weighted by Crippen LogP contribution is -2.54. The average molecular weight is 558 g/mol. The summed E-state index contributed by atoms with van der Waals surface area (Å²) >= 11 is 3.46. The smallest absolute Gasteiger partial charge is 0.331 e. The number of halogens is 1. The molecule has 1 aromatic rings. The maximum Gasteiger partial charge on any atom is 0.331 e. The van der Waals surface area contributed by atoms with E-state index in [1.165, 1.54) is 0 Å². The normalized spacial score (nSPS) is 18.4. The van der Waals surface area contributed by atoms with Gasteiger partial charge < -0.3 is 19.2 Å². The molecule has 7 nitrogen and oxygen atoms in total. The SMILES string of the molecule is CCOC(=O)C(CC)(CC)NC(=O)c1ccc(Br)c(OC[C@@H]2C[C@H]2CO[Si](C)(C)C(C)(C)C)n1. The Morgan fingerprint density at radius 3 is 2.29 bits per heavy atom. The van der Waals surface area contributed by atoms with Crippen LogP contribution in [-0.2, 0) is 14.0 Å². The van der Waals surface area contributed by atoms with Gasteiger partial charge in [0.2, 0.25) is 5.88 Å². The Balaban J connectivity index is 1.98. The summed E-state index contributed by atoms with van der Waals surface area (Å²) in [4.78, 5) is 29.9. The van der Waals surface area contributed by atoms with Gasteiger partial charge in [0, 0.05) is 6.61 Å². The summed E-state index contributed by atoms with van der Waals surface area (Å²) in [6, 6.07) is 3.35. The predicted octanol–water partition coefficient (Wildman–Crippen LogP) is 5.73. The van der Waals surface area contributed by atoms with Crippen molar-refractivity contribution in [1.82, 2.24) is 10.3 Å². The Kier molecular flexibility index (Phi) is 9.75. The molecule has 1 fully saturated rings. The first-order valence-electron chi connectivity index (χ1n) is 12.2. The molecule has 0 spiro atoms. The van der Waals surface area contributed by atoms with Gasteiger partial charge in [-0.15, -0.1) is 0 Å². The minimum atomic E-state index is -1.75. The highest BCUT2D eigenvalue weighted by molar-refractivity contribution is 9.10. The molecule has 1 heterocycles. The minimum Gasteiger partial charge on any atom is -0.477 e. The molecular weight excluding hydrogens is 516 g/mol. The van der Waals surface area contributed by atoms with Gasteiger partial charge in [-0.2, -0.15) is 0 Å². The number of esters is 1. The maximum absolute atomic E-state index is 12.9. The van der Waals surface area contributed by atoms with Crippen molar-refractivity contribution in [3.63, 3.8) is 0 Å². The summed E-state index contributed by atoms with van der Waals surface area (Å²) < 4.78 is 18.2. The van der Waals surface area contributed by atoms with Gasteiger partial charge in [0.1, 0.15) is 11.2 Å². The van der Waals surface area contributed by atoms with Crippen molar-refractivity contribution in [2.45, 2.75) is 84.5 Å². The van der Waals surface area contributed by atoms with E-state index in [1.54, 1.807) is 19.1 Å². The molecule has 1 N–H and O–H groups in total. The number of amides is 1. The summed E-state index contributed by atoms with van der Waals surface area (Å²) in [6.07, 6.45) is 1.92. The number of hydrogen-bond donors (Lipinski definition) is 1. The number of carbonyl (C=O) groups is 2. The molecule has 34 heavy (non-hydrogen) atoms. The molecule has 0 radical (unpaired) electrons. The molecule has 0 bridgehead atoms. The number of hydrogen-bond acceptors (Lipinski definition) is 6. The fourth-order valence-electron chi connectivity index (χ4n) is 3.40. The lowest BCUT2D eigenvalue weighted by atomic mass is 9.92. The molecule has 0 aliphatic heterocycles. The molecule has 1 aliphatic rings. The van der Waals surface area contributed by atoms with Crippen LogP contribution in [0.3, 0.4) is 0 Å². The number of rotatable bonds is 12. The van der Waals surface area contributed by atoms with Crippen molar-refractivity contribution in [3.8, 4) is 5.88 Å². The van der Waals surface area contributed by atoms with Gasteiger partial charge in [0.15, 0.2) is 8.32 Å². The van der Waals surface area contributed by atoms with Crippen LogP contribution < -0.4 is 10.1 Å². The monoisotopic (exact) mass is 556 g/mol. The second-order valence-corrected chi connectivity index (χ2v) is 16.2. The zero-order valence-electron chi connectivity index (χ0n) is 21.9. The average Bonchev–Trinajstić information content (AvgIpc) is 3.53. The zero-order valence-corrected chi connectivity index (χ0v) is 24.5. The van der Waals surface area contributed by atoms with E-state index in [2.05, 4.69) is 60.1 Å². The molecule has 2 atom stereocenters. The molecule has 9 heteroatoms. The van der Waals surface area contributed by atoms with E-state index in [4.69, 9.17) is 13.9 Å². The van der Waals surface area contributed by atoms with Crippen LogP contribution in [0.4, 0.5) is 0 Å². The van der Waals surface area contributed by atoms with E-state index < -0.39 is 25.7 Å². The first-order chi connectivity index (χ1) is 15.8. The van der Waals surface area contributed by atoms with Crippen LogP contribution in [0.15, 0.2) is 16.6 Å². The molecular formula is C25H41BrN2O5Si. The van der Waals surface area contributed by atoms with E-state index in [0.717, 1.165) is 13.0 Å². The van der Waals surface area contributed by atoms with Crippen LogP contribution in [0.5, 0.6) is 5.88 Å². The van der Waals surface area contributed by atoms with Gasteiger partial charge in [-0.3, -0.25) is 4.79 Å². The largest absolute Gasteiger partial charge is 0.477 e. The lowest BCUT2D eigenvalue weighted by molar-refractivity contribution is -0.151. The first-order valence-corrected chi connectivity index (χ1v) is 15.9. The van der Waals surface area contributed by atoms with Crippen LogP contribution >= 0.6 is 15.9 Å². The number of aromatic nitrogens is 1. The van der Waals surface area contributed by atoms with Gasteiger partial charge >= 0.3 is 5.97 Å². The molecule has 0 aromatic carbocycles. The number of nitrogens with zero attached hydrogens (tertiary/aromatic N) is 1. The van der Waals surface area contributed by atoms with E-state index in [0.29, 0.717) is 41.6 Å². The van der Waals surface area contributed by atoms with Crippen LogP contribution in [-0.4, -0.2) is 50.5 Å². The highest BCUT2D eigenvalue weighted by Crippen LogP contribution is 2.42. The zero-order chi connectivity index (χ0) is 25.7. The molecule has 0 unspecified atom stereocenters. The van der Waals surface area contributed by atoms with Crippen molar-refractivity contribution in [2.75, 3.05) is 19.8 Å². The number of ether oxygens (including phenoxy) is 2. The summed E-state index contributed by atoms with van der Waals surface area (Å²) in [6.45, 7) is 18.3. The van der Waals surface area contributed by atoms with E-state index in [-0.39, 0.29) is 17.3 Å². The molecule has 1 saturated carbocycles. The van der Waals surface area contributed by atoms with Crippen molar-refractivity contribution < 1.29 is 23.5 Å². The first kappa shape index (κ1) is 28.8. The second-order valence-electron chi connectivity index (χ2n) is 10.6. The Morgan fingerprint density at radius 1 is 1.12 bits per heavy atom. The lowest BCUT2D eigenvalue weighted by Gasteiger charge is -2.36. The van der Waals surface area contributed by atoms with E-state index in [9.17, 15) is 9.59 Å². The van der Waals surface area contributed by atoms with Crippen LogP contribution in [0, 0.1) is 11.8 Å². The van der Waals surface area contributed by atoms with Gasteiger partial charge in [-0.1, -0.05) is 34.6 Å². The maximum atomic E-state index is 12.9. The van der Waals surface area contributed by atoms with Crippen molar-refractivity contribution in [2.24, 2.45) is 11.8 Å². The second kappa shape index (κ2) is 11.5. The van der Waals surface area contributed by atoms with Crippen molar-refractivity contribution >= 4 is 36.1 Å². The van der Waals surface area contributed by atoms with Gasteiger partial charge in [0.25, 0.3) is 5.91 Å². The van der Waals surface area contributed by atoms with E-state index >= 15 is 0 Å². The summed E-state index contributed by atoms with van der Waals surface area (Å²) in [5.74, 6) is 0.437. The molecule has 1 amide bonds. The Bertz CT molecular complexity index is 867. The van der Waals surface area contributed by atoms with Gasteiger partial charge in [0.05, 0.1) is 17.7 Å².